The van der Waals surface area contributed by atoms with E-state index >= 15 is 0 Å². The predicted octanol–water partition coefficient (Wildman–Crippen LogP) is 1.83. The van der Waals surface area contributed by atoms with Crippen LogP contribution in [0, 0.1) is 0 Å². The molecule has 8 heteroatoms. The Morgan fingerprint density at radius 2 is 1.62 bits per heavy atom. The molecule has 2 aromatic rings. The summed E-state index contributed by atoms with van der Waals surface area (Å²) in [5.74, 6) is -5.06. The zero-order chi connectivity index (χ0) is 17.9. The lowest BCUT2D eigenvalue weighted by Gasteiger charge is -2.07. The number of carboxylic acids is 1. The summed E-state index contributed by atoms with van der Waals surface area (Å²) < 4.78 is 4.78. The molecule has 0 radical (unpaired) electrons. The van der Waals surface area contributed by atoms with Crippen molar-refractivity contribution in [1.29, 1.82) is 0 Å². The van der Waals surface area contributed by atoms with Crippen LogP contribution in [0.3, 0.4) is 0 Å². The third kappa shape index (κ3) is 3.74. The number of esters is 1. The molecule has 0 unspecified atom stereocenters. The summed E-state index contributed by atoms with van der Waals surface area (Å²) in [6.45, 7) is 0. The number of rotatable bonds is 4. The number of hydrogen-bond acceptors (Lipinski definition) is 7. The summed E-state index contributed by atoms with van der Waals surface area (Å²) in [6.07, 6.45) is 2.22. The second-order valence-electron chi connectivity index (χ2n) is 4.65. The largest absolute Gasteiger partial charge is 0.504 e. The third-order valence-electron chi connectivity index (χ3n) is 2.92. The van der Waals surface area contributed by atoms with Gasteiger partial charge in [0.25, 0.3) is 0 Å². The van der Waals surface area contributed by atoms with E-state index in [-0.39, 0.29) is 17.1 Å². The van der Waals surface area contributed by atoms with Crippen molar-refractivity contribution in [3.63, 3.8) is 0 Å². The Morgan fingerprint density at radius 3 is 2.25 bits per heavy atom. The van der Waals surface area contributed by atoms with Crippen LogP contribution < -0.4 is 4.74 Å². The van der Waals surface area contributed by atoms with E-state index in [1.807, 2.05) is 0 Å². The van der Waals surface area contributed by atoms with Gasteiger partial charge in [-0.1, -0.05) is 6.07 Å². The Hall–Kier alpha value is -3.68. The summed E-state index contributed by atoms with van der Waals surface area (Å²) >= 11 is 0. The second-order valence-corrected chi connectivity index (χ2v) is 4.65. The van der Waals surface area contributed by atoms with Crippen molar-refractivity contribution in [1.82, 2.24) is 0 Å². The van der Waals surface area contributed by atoms with Crippen molar-refractivity contribution in [2.75, 3.05) is 0 Å². The van der Waals surface area contributed by atoms with E-state index in [1.165, 1.54) is 24.3 Å². The van der Waals surface area contributed by atoms with Gasteiger partial charge in [-0.3, -0.25) is 0 Å². The maximum Gasteiger partial charge on any atom is 0.336 e. The number of carbonyl (C=O) groups excluding carboxylic acids is 1. The minimum absolute atomic E-state index is 0.319. The molecule has 0 spiro atoms. The van der Waals surface area contributed by atoms with Crippen molar-refractivity contribution in [2.24, 2.45) is 0 Å². The van der Waals surface area contributed by atoms with Crippen molar-refractivity contribution in [3.8, 4) is 28.7 Å². The lowest BCUT2D eigenvalue weighted by atomic mass is 10.2. The fraction of sp³-hybridized carbons (Fsp3) is 0. The molecular weight excluding hydrogens is 320 g/mol. The number of aromatic hydroxyl groups is 4. The van der Waals surface area contributed by atoms with Crippen molar-refractivity contribution >= 4 is 18.0 Å². The Labute approximate surface area is 135 Å². The van der Waals surface area contributed by atoms with Crippen LogP contribution in [0.5, 0.6) is 28.7 Å². The van der Waals surface area contributed by atoms with Gasteiger partial charge in [-0.05, 0) is 35.9 Å². The van der Waals surface area contributed by atoms with Crippen LogP contribution >= 0.6 is 0 Å². The van der Waals surface area contributed by atoms with E-state index < -0.39 is 29.2 Å². The first kappa shape index (κ1) is 16.7. The normalized spacial score (nSPS) is 10.7. The van der Waals surface area contributed by atoms with Gasteiger partial charge in [0.05, 0.1) is 5.56 Å². The Balaban J connectivity index is 2.19. The van der Waals surface area contributed by atoms with E-state index in [0.29, 0.717) is 5.56 Å². The molecule has 24 heavy (non-hydrogen) atoms. The van der Waals surface area contributed by atoms with E-state index in [0.717, 1.165) is 18.2 Å². The summed E-state index contributed by atoms with van der Waals surface area (Å²) in [5, 5.41) is 46.4. The van der Waals surface area contributed by atoms with Crippen LogP contribution in [0.1, 0.15) is 15.9 Å². The molecular formula is C16H12O8. The molecule has 0 saturated heterocycles. The minimum atomic E-state index is -1.38. The zero-order valence-corrected chi connectivity index (χ0v) is 12.0. The number of phenolic OH excluding ortho intramolecular Hbond substituents is 4. The van der Waals surface area contributed by atoms with Gasteiger partial charge >= 0.3 is 11.9 Å². The average Bonchev–Trinajstić information content (AvgIpc) is 2.52. The first-order valence-electron chi connectivity index (χ1n) is 6.49. The Bertz CT molecular complexity index is 838. The molecule has 0 saturated carbocycles. The van der Waals surface area contributed by atoms with Gasteiger partial charge in [-0.2, -0.15) is 0 Å². The Morgan fingerprint density at radius 1 is 0.917 bits per heavy atom. The molecule has 0 aliphatic rings. The van der Waals surface area contributed by atoms with Crippen LogP contribution in [0.2, 0.25) is 0 Å². The van der Waals surface area contributed by atoms with Crippen LogP contribution in [0.4, 0.5) is 0 Å². The minimum Gasteiger partial charge on any atom is -0.504 e. The van der Waals surface area contributed by atoms with Gasteiger partial charge in [0.2, 0.25) is 5.75 Å². The second kappa shape index (κ2) is 6.61. The van der Waals surface area contributed by atoms with Crippen LogP contribution in [0.15, 0.2) is 36.4 Å². The number of ether oxygens (including phenoxy) is 1. The van der Waals surface area contributed by atoms with Crippen LogP contribution in [-0.4, -0.2) is 37.5 Å². The van der Waals surface area contributed by atoms with Crippen molar-refractivity contribution < 1.29 is 39.9 Å². The molecule has 2 rings (SSSR count). The molecule has 0 aliphatic heterocycles. The topological polar surface area (TPSA) is 145 Å². The molecule has 8 nitrogen and oxygen atoms in total. The molecule has 5 N–H and O–H groups in total. The van der Waals surface area contributed by atoms with Gasteiger partial charge in [-0.25, -0.2) is 9.59 Å². The molecule has 0 bridgehead atoms. The van der Waals surface area contributed by atoms with Crippen LogP contribution in [-0.2, 0) is 4.79 Å². The molecule has 0 atom stereocenters. The smallest absolute Gasteiger partial charge is 0.336 e. The molecule has 0 heterocycles. The third-order valence-corrected chi connectivity index (χ3v) is 2.92. The maximum atomic E-state index is 11.7. The van der Waals surface area contributed by atoms with E-state index in [1.54, 1.807) is 0 Å². The lowest BCUT2D eigenvalue weighted by Crippen LogP contribution is -2.05. The molecule has 0 aliphatic carbocycles. The van der Waals surface area contributed by atoms with Crippen LogP contribution in [0.25, 0.3) is 6.08 Å². The molecule has 0 amide bonds. The highest BCUT2D eigenvalue weighted by atomic mass is 16.5. The number of aromatic carboxylic acids is 1. The van der Waals surface area contributed by atoms with E-state index in [2.05, 4.69) is 0 Å². The fourth-order valence-electron chi connectivity index (χ4n) is 1.75. The number of carboxylic acid groups (broad SMARTS) is 1. The predicted molar refractivity (Wildman–Crippen MR) is 81.2 cm³/mol. The summed E-state index contributed by atoms with van der Waals surface area (Å²) in [4.78, 5) is 22.6. The van der Waals surface area contributed by atoms with Crippen molar-refractivity contribution in [2.45, 2.75) is 0 Å². The maximum absolute atomic E-state index is 11.7. The summed E-state index contributed by atoms with van der Waals surface area (Å²) in [5.41, 5.74) is 0.00847. The van der Waals surface area contributed by atoms with Gasteiger partial charge < -0.3 is 30.3 Å². The molecule has 0 fully saturated rings. The summed E-state index contributed by atoms with van der Waals surface area (Å²) in [7, 11) is 0. The first-order chi connectivity index (χ1) is 11.3. The number of carbonyl (C=O) groups is 2. The molecule has 2 aromatic carbocycles. The lowest BCUT2D eigenvalue weighted by molar-refractivity contribution is -0.129. The van der Waals surface area contributed by atoms with Crippen molar-refractivity contribution in [3.05, 3.63) is 47.5 Å². The summed E-state index contributed by atoms with van der Waals surface area (Å²) in [6, 6.07) is 5.54. The number of phenols is 4. The van der Waals surface area contributed by atoms with Gasteiger partial charge in [-0.15, -0.1) is 0 Å². The SMILES string of the molecule is O=C(C=Cc1ccc(O)c(O)c1)Oc1cc(C(=O)O)cc(O)c1O. The molecule has 124 valence electrons. The van der Waals surface area contributed by atoms with Gasteiger partial charge in [0.15, 0.2) is 23.0 Å². The van der Waals surface area contributed by atoms with E-state index in [4.69, 9.17) is 9.84 Å². The highest BCUT2D eigenvalue weighted by Gasteiger charge is 2.16. The molecule has 0 aromatic heterocycles. The first-order valence-corrected chi connectivity index (χ1v) is 6.49. The number of hydrogen-bond donors (Lipinski definition) is 5. The standard InChI is InChI=1S/C16H12O8/c17-10-3-1-8(5-11(10)18)2-4-14(20)24-13-7-9(16(22)23)6-12(19)15(13)21/h1-7,17-19,21H,(H,22,23). The zero-order valence-electron chi connectivity index (χ0n) is 12.0. The van der Waals surface area contributed by atoms with Gasteiger partial charge in [0.1, 0.15) is 0 Å². The quantitative estimate of drug-likeness (QED) is 0.247. The highest BCUT2D eigenvalue weighted by molar-refractivity contribution is 5.92. The monoisotopic (exact) mass is 332 g/mol. The average molecular weight is 332 g/mol. The Kier molecular flexibility index (Phi) is 4.60. The van der Waals surface area contributed by atoms with Gasteiger partial charge in [0, 0.05) is 6.08 Å². The fourth-order valence-corrected chi connectivity index (χ4v) is 1.75. The van der Waals surface area contributed by atoms with E-state index in [9.17, 15) is 30.0 Å². The highest BCUT2D eigenvalue weighted by Crippen LogP contribution is 2.36. The number of benzene rings is 2.